The molecule has 9 heteroatoms. The number of nitrogen functional groups attached to an aromatic ring is 1. The number of sulfonamides is 1. The van der Waals surface area contributed by atoms with Crippen LogP contribution in [0.25, 0.3) is 0 Å². The monoisotopic (exact) mass is 303 g/mol. The van der Waals surface area contributed by atoms with Crippen molar-refractivity contribution in [2.45, 2.75) is 24.3 Å². The fourth-order valence-corrected chi connectivity index (χ4v) is 3.18. The van der Waals surface area contributed by atoms with Gasteiger partial charge in [-0.2, -0.15) is 0 Å². The number of anilines is 1. The fourth-order valence-electron chi connectivity index (χ4n) is 1.67. The molecule has 1 aromatic carbocycles. The van der Waals surface area contributed by atoms with Crippen LogP contribution in [-0.4, -0.2) is 33.1 Å². The van der Waals surface area contributed by atoms with Crippen molar-refractivity contribution in [3.63, 3.8) is 0 Å². The van der Waals surface area contributed by atoms with Crippen molar-refractivity contribution in [2.75, 3.05) is 19.5 Å². The zero-order valence-corrected chi connectivity index (χ0v) is 12.0. The quantitative estimate of drug-likeness (QED) is 0.437. The average Bonchev–Trinajstić information content (AvgIpc) is 2.37. The number of rotatable bonds is 7. The number of methoxy groups -OCH3 is 1. The summed E-state index contributed by atoms with van der Waals surface area (Å²) in [6.07, 6.45) is 0.489. The van der Waals surface area contributed by atoms with Crippen LogP contribution in [0, 0.1) is 10.1 Å². The van der Waals surface area contributed by atoms with Crippen LogP contribution >= 0.6 is 0 Å². The van der Waals surface area contributed by atoms with Gasteiger partial charge in [0.05, 0.1) is 11.5 Å². The Kier molecular flexibility index (Phi) is 5.43. The van der Waals surface area contributed by atoms with Gasteiger partial charge in [0.15, 0.2) is 4.90 Å². The lowest BCUT2D eigenvalue weighted by Crippen LogP contribution is -2.37. The first kappa shape index (κ1) is 16.3. The number of hydrogen-bond donors (Lipinski definition) is 2. The van der Waals surface area contributed by atoms with Gasteiger partial charge in [-0.3, -0.25) is 10.1 Å². The highest BCUT2D eigenvalue weighted by Crippen LogP contribution is 2.29. The summed E-state index contributed by atoms with van der Waals surface area (Å²) in [6, 6.07) is 3.32. The van der Waals surface area contributed by atoms with Crippen LogP contribution in [0.4, 0.5) is 11.4 Å². The predicted octanol–water partition coefficient (Wildman–Crippen LogP) is 0.880. The molecule has 1 atom stereocenters. The number of nitrogens with one attached hydrogen (secondary N) is 1. The zero-order chi connectivity index (χ0) is 15.3. The SMILES string of the molecule is CCC(COC)NS(=O)(=O)c1cccc(N)c1[N+](=O)[O-]. The Hall–Kier alpha value is -1.71. The molecule has 1 unspecified atom stereocenters. The summed E-state index contributed by atoms with van der Waals surface area (Å²) in [4.78, 5) is 9.73. The molecule has 3 N–H and O–H groups in total. The molecule has 8 nitrogen and oxygen atoms in total. The fraction of sp³-hybridized carbons (Fsp3) is 0.455. The highest BCUT2D eigenvalue weighted by molar-refractivity contribution is 7.89. The van der Waals surface area contributed by atoms with Crippen molar-refractivity contribution in [1.82, 2.24) is 4.72 Å². The normalized spacial score (nSPS) is 13.1. The molecule has 0 fully saturated rings. The van der Waals surface area contributed by atoms with E-state index in [1.54, 1.807) is 6.92 Å². The van der Waals surface area contributed by atoms with E-state index in [1.807, 2.05) is 0 Å². The number of nitro groups is 1. The molecule has 1 rings (SSSR count). The molecule has 0 aliphatic rings. The highest BCUT2D eigenvalue weighted by atomic mass is 32.2. The van der Waals surface area contributed by atoms with Crippen molar-refractivity contribution >= 4 is 21.4 Å². The first-order chi connectivity index (χ1) is 9.33. The molecule has 0 saturated heterocycles. The van der Waals surface area contributed by atoms with Gasteiger partial charge in [-0.05, 0) is 18.6 Å². The molecule has 0 amide bonds. The van der Waals surface area contributed by atoms with Crippen LogP contribution in [0.5, 0.6) is 0 Å². The first-order valence-electron chi connectivity index (χ1n) is 5.87. The van der Waals surface area contributed by atoms with Gasteiger partial charge in [0.2, 0.25) is 10.0 Å². The summed E-state index contributed by atoms with van der Waals surface area (Å²) in [5, 5.41) is 11.0. The number of nitrogens with two attached hydrogens (primary N) is 1. The maximum absolute atomic E-state index is 12.2. The van der Waals surface area contributed by atoms with Gasteiger partial charge in [0.1, 0.15) is 5.69 Å². The maximum Gasteiger partial charge on any atom is 0.312 e. The molecule has 112 valence electrons. The van der Waals surface area contributed by atoms with Crippen LogP contribution in [0.2, 0.25) is 0 Å². The van der Waals surface area contributed by atoms with E-state index in [9.17, 15) is 18.5 Å². The molecular weight excluding hydrogens is 286 g/mol. The largest absolute Gasteiger partial charge is 0.393 e. The van der Waals surface area contributed by atoms with E-state index in [1.165, 1.54) is 19.2 Å². The molecule has 0 aliphatic carbocycles. The van der Waals surface area contributed by atoms with E-state index in [4.69, 9.17) is 10.5 Å². The van der Waals surface area contributed by atoms with Crippen LogP contribution < -0.4 is 10.5 Å². The molecule has 0 aromatic heterocycles. The van der Waals surface area contributed by atoms with Gasteiger partial charge in [0.25, 0.3) is 0 Å². The lowest BCUT2D eigenvalue weighted by Gasteiger charge is -2.16. The minimum atomic E-state index is -4.04. The van der Waals surface area contributed by atoms with Gasteiger partial charge in [-0.15, -0.1) is 0 Å². The van der Waals surface area contributed by atoms with Gasteiger partial charge in [-0.25, -0.2) is 13.1 Å². The van der Waals surface area contributed by atoms with Crippen LogP contribution in [0.15, 0.2) is 23.1 Å². The predicted molar refractivity (Wildman–Crippen MR) is 73.8 cm³/mol. The lowest BCUT2D eigenvalue weighted by atomic mass is 10.3. The number of nitrogens with zero attached hydrogens (tertiary/aromatic N) is 1. The van der Waals surface area contributed by atoms with Crippen LogP contribution in [0.1, 0.15) is 13.3 Å². The van der Waals surface area contributed by atoms with Crippen molar-refractivity contribution in [1.29, 1.82) is 0 Å². The Morgan fingerprint density at radius 1 is 1.50 bits per heavy atom. The summed E-state index contributed by atoms with van der Waals surface area (Å²) < 4.78 is 31.7. The third kappa shape index (κ3) is 3.65. The van der Waals surface area contributed by atoms with E-state index >= 15 is 0 Å². The van der Waals surface area contributed by atoms with E-state index in [0.717, 1.165) is 6.07 Å². The third-order valence-electron chi connectivity index (χ3n) is 2.68. The summed E-state index contributed by atoms with van der Waals surface area (Å²) in [5.41, 5.74) is 4.67. The molecule has 0 aliphatic heterocycles. The average molecular weight is 303 g/mol. The molecular formula is C11H17N3O5S. The van der Waals surface area contributed by atoms with E-state index in [2.05, 4.69) is 4.72 Å². The van der Waals surface area contributed by atoms with E-state index < -0.39 is 31.6 Å². The zero-order valence-electron chi connectivity index (χ0n) is 11.2. The smallest absolute Gasteiger partial charge is 0.312 e. The van der Waals surface area contributed by atoms with Crippen molar-refractivity contribution in [2.24, 2.45) is 0 Å². The summed E-state index contributed by atoms with van der Waals surface area (Å²) in [6.45, 7) is 1.95. The summed E-state index contributed by atoms with van der Waals surface area (Å²) in [7, 11) is -2.60. The Labute approximate surface area is 117 Å². The van der Waals surface area contributed by atoms with Gasteiger partial charge >= 0.3 is 5.69 Å². The standard InChI is InChI=1S/C11H17N3O5S/c1-3-8(7-19-2)13-20(17,18)10-6-4-5-9(12)11(10)14(15)16/h4-6,8,13H,3,7,12H2,1-2H3. The number of hydrogen-bond acceptors (Lipinski definition) is 6. The molecule has 0 spiro atoms. The number of benzene rings is 1. The Balaban J connectivity index is 3.22. The highest BCUT2D eigenvalue weighted by Gasteiger charge is 2.29. The molecule has 0 heterocycles. The Morgan fingerprint density at radius 2 is 2.15 bits per heavy atom. The summed E-state index contributed by atoms with van der Waals surface area (Å²) >= 11 is 0. The van der Waals surface area contributed by atoms with E-state index in [-0.39, 0.29) is 12.3 Å². The Morgan fingerprint density at radius 3 is 2.65 bits per heavy atom. The molecule has 0 bridgehead atoms. The van der Waals surface area contributed by atoms with Gasteiger partial charge < -0.3 is 10.5 Å². The second-order valence-corrected chi connectivity index (χ2v) is 5.82. The molecule has 20 heavy (non-hydrogen) atoms. The second-order valence-electron chi connectivity index (χ2n) is 4.13. The van der Waals surface area contributed by atoms with Crippen molar-refractivity contribution in [3.8, 4) is 0 Å². The van der Waals surface area contributed by atoms with Crippen molar-refractivity contribution < 1.29 is 18.1 Å². The van der Waals surface area contributed by atoms with Gasteiger partial charge in [0, 0.05) is 13.2 Å². The molecule has 0 radical (unpaired) electrons. The van der Waals surface area contributed by atoms with Gasteiger partial charge in [-0.1, -0.05) is 13.0 Å². The second kappa shape index (κ2) is 6.64. The number of nitro benzene ring substituents is 1. The minimum absolute atomic E-state index is 0.172. The first-order valence-corrected chi connectivity index (χ1v) is 7.36. The topological polar surface area (TPSA) is 125 Å². The summed E-state index contributed by atoms with van der Waals surface area (Å²) in [5.74, 6) is 0. The minimum Gasteiger partial charge on any atom is -0.393 e. The van der Waals surface area contributed by atoms with E-state index in [0.29, 0.717) is 6.42 Å². The number of ether oxygens (including phenoxy) is 1. The molecule has 0 saturated carbocycles. The lowest BCUT2D eigenvalue weighted by molar-refractivity contribution is -0.386. The van der Waals surface area contributed by atoms with Crippen LogP contribution in [0.3, 0.4) is 0 Å². The third-order valence-corrected chi connectivity index (χ3v) is 4.24. The Bertz CT molecular complexity index is 588. The number of para-hydroxylation sites is 1. The maximum atomic E-state index is 12.2. The van der Waals surface area contributed by atoms with Crippen LogP contribution in [-0.2, 0) is 14.8 Å². The molecule has 1 aromatic rings. The van der Waals surface area contributed by atoms with Crippen molar-refractivity contribution in [3.05, 3.63) is 28.3 Å².